The molecule has 6 nitrogen and oxygen atoms in total. The highest BCUT2D eigenvalue weighted by Crippen LogP contribution is 2.31. The van der Waals surface area contributed by atoms with Crippen molar-refractivity contribution in [2.75, 3.05) is 13.7 Å². The highest BCUT2D eigenvalue weighted by Gasteiger charge is 2.32. The van der Waals surface area contributed by atoms with E-state index in [9.17, 15) is 9.00 Å². The number of methoxy groups -OCH3 is 1. The molecular weight excluding hydrogens is 272 g/mol. The molecule has 0 saturated carbocycles. The summed E-state index contributed by atoms with van der Waals surface area (Å²) in [5, 5.41) is 0. The third kappa shape index (κ3) is 2.87. The van der Waals surface area contributed by atoms with E-state index in [2.05, 4.69) is 0 Å². The molecule has 1 aromatic carbocycles. The van der Waals surface area contributed by atoms with Gasteiger partial charge in [0.15, 0.2) is 0 Å². The summed E-state index contributed by atoms with van der Waals surface area (Å²) in [7, 11) is 1.54. The van der Waals surface area contributed by atoms with E-state index >= 15 is 0 Å². The topological polar surface area (TPSA) is 71.1 Å². The summed E-state index contributed by atoms with van der Waals surface area (Å²) >= 11 is -2.02. The van der Waals surface area contributed by atoms with Crippen LogP contribution in [-0.4, -0.2) is 23.9 Å². The SMILES string of the molecule is CCOC(=O)C1=C(c2ccc(OC)cc2)OS(=O)O1. The summed E-state index contributed by atoms with van der Waals surface area (Å²) in [6.45, 7) is 1.85. The molecule has 0 aliphatic carbocycles. The fourth-order valence-electron chi connectivity index (χ4n) is 1.47. The van der Waals surface area contributed by atoms with Crippen molar-refractivity contribution in [3.63, 3.8) is 0 Å². The van der Waals surface area contributed by atoms with E-state index in [1.165, 1.54) is 0 Å². The highest BCUT2D eigenvalue weighted by atomic mass is 32.2. The normalized spacial score (nSPS) is 17.7. The Morgan fingerprint density at radius 2 is 1.95 bits per heavy atom. The Labute approximate surface area is 112 Å². The number of hydrogen-bond acceptors (Lipinski definition) is 6. The number of rotatable bonds is 4. The van der Waals surface area contributed by atoms with Crippen molar-refractivity contribution in [1.29, 1.82) is 0 Å². The van der Waals surface area contributed by atoms with Crippen LogP contribution in [0, 0.1) is 0 Å². The molecule has 0 radical (unpaired) electrons. The Morgan fingerprint density at radius 1 is 1.26 bits per heavy atom. The predicted octanol–water partition coefficient (Wildman–Crippen LogP) is 1.55. The van der Waals surface area contributed by atoms with Crippen LogP contribution in [0.15, 0.2) is 30.0 Å². The van der Waals surface area contributed by atoms with Gasteiger partial charge >= 0.3 is 17.3 Å². The predicted molar refractivity (Wildman–Crippen MR) is 66.9 cm³/mol. The number of carbonyl (C=O) groups is 1. The van der Waals surface area contributed by atoms with Gasteiger partial charge in [-0.15, -0.1) is 0 Å². The van der Waals surface area contributed by atoms with Crippen LogP contribution in [0.25, 0.3) is 5.76 Å². The average Bonchev–Trinajstić information content (AvgIpc) is 2.81. The highest BCUT2D eigenvalue weighted by molar-refractivity contribution is 7.75. The summed E-state index contributed by atoms with van der Waals surface area (Å²) in [5.41, 5.74) is 0.551. The van der Waals surface area contributed by atoms with Crippen LogP contribution in [0.3, 0.4) is 0 Å². The van der Waals surface area contributed by atoms with Crippen LogP contribution >= 0.6 is 0 Å². The van der Waals surface area contributed by atoms with Gasteiger partial charge in [0.1, 0.15) is 5.75 Å². The molecule has 0 spiro atoms. The molecule has 1 aliphatic rings. The minimum absolute atomic E-state index is 0.0967. The third-order valence-electron chi connectivity index (χ3n) is 2.32. The van der Waals surface area contributed by atoms with Crippen LogP contribution in [0.2, 0.25) is 0 Å². The molecule has 0 bridgehead atoms. The lowest BCUT2D eigenvalue weighted by molar-refractivity contribution is -0.140. The number of hydrogen-bond donors (Lipinski definition) is 0. The first-order valence-electron chi connectivity index (χ1n) is 5.50. The lowest BCUT2D eigenvalue weighted by Gasteiger charge is -2.03. The molecule has 1 aromatic rings. The summed E-state index contributed by atoms with van der Waals surface area (Å²) in [6.07, 6.45) is 0. The lowest BCUT2D eigenvalue weighted by atomic mass is 10.1. The van der Waals surface area contributed by atoms with Crippen LogP contribution < -0.4 is 4.74 Å². The molecule has 1 atom stereocenters. The lowest BCUT2D eigenvalue weighted by Crippen LogP contribution is -2.09. The fourth-order valence-corrected chi connectivity index (χ4v) is 2.10. The first-order chi connectivity index (χ1) is 9.15. The summed E-state index contributed by atoms with van der Waals surface area (Å²) in [4.78, 5) is 11.7. The Morgan fingerprint density at radius 3 is 2.53 bits per heavy atom. The van der Waals surface area contributed by atoms with Gasteiger partial charge in [-0.25, -0.2) is 4.79 Å². The number of ether oxygens (including phenoxy) is 2. The van der Waals surface area contributed by atoms with Crippen molar-refractivity contribution >= 4 is 23.1 Å². The average molecular weight is 284 g/mol. The minimum atomic E-state index is -2.02. The van der Waals surface area contributed by atoms with Gasteiger partial charge in [0.2, 0.25) is 5.76 Å². The maximum Gasteiger partial charge on any atom is 0.418 e. The summed E-state index contributed by atoms with van der Waals surface area (Å²) in [6, 6.07) is 6.71. The van der Waals surface area contributed by atoms with Gasteiger partial charge in [-0.1, -0.05) is 0 Å². The molecule has 7 heteroatoms. The molecule has 0 aromatic heterocycles. The van der Waals surface area contributed by atoms with Crippen LogP contribution in [-0.2, 0) is 29.3 Å². The van der Waals surface area contributed by atoms with E-state index in [-0.39, 0.29) is 18.1 Å². The number of carbonyl (C=O) groups excluding carboxylic acids is 1. The molecule has 1 heterocycles. The first-order valence-corrected chi connectivity index (χ1v) is 6.50. The Bertz CT molecular complexity index is 534. The second kappa shape index (κ2) is 5.75. The first kappa shape index (κ1) is 13.4. The van der Waals surface area contributed by atoms with Crippen molar-refractivity contribution in [2.45, 2.75) is 6.92 Å². The number of benzene rings is 1. The molecule has 1 unspecified atom stereocenters. The molecular formula is C12H12O6S. The maximum atomic E-state index is 11.7. The second-order valence-electron chi connectivity index (χ2n) is 3.48. The molecule has 0 fully saturated rings. The van der Waals surface area contributed by atoms with E-state index < -0.39 is 17.3 Å². The van der Waals surface area contributed by atoms with Crippen molar-refractivity contribution in [3.8, 4) is 5.75 Å². The van der Waals surface area contributed by atoms with Gasteiger partial charge in [-0.3, -0.25) is 0 Å². The van der Waals surface area contributed by atoms with E-state index in [1.807, 2.05) is 0 Å². The standard InChI is InChI=1S/C12H12O6S/c1-3-16-12(13)11-10(17-19(14)18-11)8-4-6-9(15-2)7-5-8/h4-7H,3H2,1-2H3. The Hall–Kier alpha value is -2.02. The van der Waals surface area contributed by atoms with E-state index in [0.29, 0.717) is 11.3 Å². The molecule has 1 aliphatic heterocycles. The van der Waals surface area contributed by atoms with Gasteiger partial charge < -0.3 is 17.8 Å². The second-order valence-corrected chi connectivity index (χ2v) is 4.22. The van der Waals surface area contributed by atoms with Crippen molar-refractivity contribution in [1.82, 2.24) is 0 Å². The van der Waals surface area contributed by atoms with Crippen LogP contribution in [0.4, 0.5) is 0 Å². The molecule has 2 rings (SSSR count). The van der Waals surface area contributed by atoms with Gasteiger partial charge in [-0.05, 0) is 31.2 Å². The van der Waals surface area contributed by atoms with Gasteiger partial charge in [0.25, 0.3) is 5.76 Å². The largest absolute Gasteiger partial charge is 0.497 e. The maximum absolute atomic E-state index is 11.7. The zero-order valence-corrected chi connectivity index (χ0v) is 11.2. The molecule has 0 saturated heterocycles. The zero-order valence-electron chi connectivity index (χ0n) is 10.4. The third-order valence-corrected chi connectivity index (χ3v) is 2.93. The fraction of sp³-hybridized carbons (Fsp3) is 0.250. The smallest absolute Gasteiger partial charge is 0.418 e. The van der Waals surface area contributed by atoms with Gasteiger partial charge in [0, 0.05) is 5.56 Å². The van der Waals surface area contributed by atoms with Crippen molar-refractivity contribution in [2.24, 2.45) is 0 Å². The van der Waals surface area contributed by atoms with Gasteiger partial charge in [0.05, 0.1) is 13.7 Å². The zero-order chi connectivity index (χ0) is 13.8. The molecule has 102 valence electrons. The van der Waals surface area contributed by atoms with Crippen molar-refractivity contribution in [3.05, 3.63) is 35.6 Å². The molecule has 0 N–H and O–H groups in total. The van der Waals surface area contributed by atoms with Crippen LogP contribution in [0.5, 0.6) is 5.75 Å². The van der Waals surface area contributed by atoms with Gasteiger partial charge in [-0.2, -0.15) is 4.21 Å². The Balaban J connectivity index is 2.34. The minimum Gasteiger partial charge on any atom is -0.497 e. The molecule has 19 heavy (non-hydrogen) atoms. The molecule has 0 amide bonds. The van der Waals surface area contributed by atoms with Crippen LogP contribution in [0.1, 0.15) is 12.5 Å². The quantitative estimate of drug-likeness (QED) is 0.781. The Kier molecular flexibility index (Phi) is 4.06. The van der Waals surface area contributed by atoms with E-state index in [1.54, 1.807) is 38.3 Å². The van der Waals surface area contributed by atoms with Crippen molar-refractivity contribution < 1.29 is 26.8 Å². The summed E-state index contributed by atoms with van der Waals surface area (Å²) < 4.78 is 30.9. The summed E-state index contributed by atoms with van der Waals surface area (Å²) in [5.74, 6) is -0.147. The monoisotopic (exact) mass is 284 g/mol. The van der Waals surface area contributed by atoms with E-state index in [4.69, 9.17) is 17.8 Å². The number of esters is 1. The van der Waals surface area contributed by atoms with E-state index in [0.717, 1.165) is 0 Å².